The fourth-order valence-electron chi connectivity index (χ4n) is 4.70. The van der Waals surface area contributed by atoms with Gasteiger partial charge in [-0.25, -0.2) is 0 Å². The first kappa shape index (κ1) is 20.0. The summed E-state index contributed by atoms with van der Waals surface area (Å²) in [4.78, 5) is 20.3. The predicted octanol–water partition coefficient (Wildman–Crippen LogP) is 5.34. The molecule has 0 bridgehead atoms. The summed E-state index contributed by atoms with van der Waals surface area (Å²) in [6.07, 6.45) is 6.22. The molecule has 1 heterocycles. The zero-order valence-corrected chi connectivity index (χ0v) is 18.4. The van der Waals surface area contributed by atoms with Gasteiger partial charge >= 0.3 is 0 Å². The lowest BCUT2D eigenvalue weighted by atomic mass is 9.82. The number of hydrogen-bond acceptors (Lipinski definition) is 3. The third-order valence-electron chi connectivity index (χ3n) is 6.27. The number of fused-ring (bicyclic) bond motifs is 1. The zero-order valence-electron chi connectivity index (χ0n) is 16.9. The molecule has 29 heavy (non-hydrogen) atoms. The first-order chi connectivity index (χ1) is 14.0. The molecule has 1 aliphatic rings. The van der Waals surface area contributed by atoms with Gasteiger partial charge in [-0.15, -0.1) is 0 Å². The summed E-state index contributed by atoms with van der Waals surface area (Å²) in [5, 5.41) is 4.26. The number of hydrogen-bond donors (Lipinski definition) is 1. The fraction of sp³-hybridized carbons (Fsp3) is 0.333. The number of pyridine rings is 1. The Morgan fingerprint density at radius 3 is 2.48 bits per heavy atom. The van der Waals surface area contributed by atoms with Crippen LogP contribution in [-0.4, -0.2) is 35.4 Å². The molecule has 0 spiro atoms. The first-order valence-corrected chi connectivity index (χ1v) is 10.9. The molecule has 1 saturated carbocycles. The van der Waals surface area contributed by atoms with Crippen LogP contribution < -0.4 is 5.32 Å². The second-order valence-corrected chi connectivity index (χ2v) is 8.87. The van der Waals surface area contributed by atoms with Gasteiger partial charge in [0.25, 0.3) is 5.91 Å². The second kappa shape index (κ2) is 8.25. The lowest BCUT2D eigenvalue weighted by Crippen LogP contribution is -2.53. The maximum absolute atomic E-state index is 13.5. The highest BCUT2D eigenvalue weighted by Gasteiger charge is 2.44. The van der Waals surface area contributed by atoms with Gasteiger partial charge in [-0.05, 0) is 60.6 Å². The highest BCUT2D eigenvalue weighted by Crippen LogP contribution is 2.43. The van der Waals surface area contributed by atoms with E-state index in [2.05, 4.69) is 57.4 Å². The van der Waals surface area contributed by atoms with Gasteiger partial charge < -0.3 is 10.2 Å². The number of carbonyl (C=O) groups excluding carboxylic acids is 1. The van der Waals surface area contributed by atoms with E-state index in [1.165, 1.54) is 12.8 Å². The number of halogens is 1. The molecule has 1 fully saturated rings. The Balaban J connectivity index is 1.76. The quantitative estimate of drug-likeness (QED) is 0.568. The third-order valence-corrected chi connectivity index (χ3v) is 6.91. The van der Waals surface area contributed by atoms with Gasteiger partial charge in [-0.3, -0.25) is 9.78 Å². The van der Waals surface area contributed by atoms with E-state index in [1.807, 2.05) is 42.5 Å². The average Bonchev–Trinajstić information content (AvgIpc) is 3.23. The Morgan fingerprint density at radius 2 is 1.79 bits per heavy atom. The van der Waals surface area contributed by atoms with Gasteiger partial charge in [-0.1, -0.05) is 55.3 Å². The summed E-state index contributed by atoms with van der Waals surface area (Å²) in [6.45, 7) is 0. The molecule has 1 N–H and O–H groups in total. The molecule has 1 aromatic heterocycles. The molecule has 4 nitrogen and oxygen atoms in total. The van der Waals surface area contributed by atoms with Crippen LogP contribution in [0.25, 0.3) is 10.9 Å². The van der Waals surface area contributed by atoms with Crippen molar-refractivity contribution in [3.8, 4) is 0 Å². The molecular formula is C24H26BrN3O. The summed E-state index contributed by atoms with van der Waals surface area (Å²) in [7, 11) is 4.26. The molecule has 2 aromatic carbocycles. The summed E-state index contributed by atoms with van der Waals surface area (Å²) >= 11 is 3.55. The van der Waals surface area contributed by atoms with E-state index in [0.717, 1.165) is 33.8 Å². The zero-order chi connectivity index (χ0) is 20.4. The molecular weight excluding hydrogens is 426 g/mol. The first-order valence-electron chi connectivity index (χ1n) is 10.1. The van der Waals surface area contributed by atoms with E-state index in [4.69, 9.17) is 0 Å². The minimum absolute atomic E-state index is 0.0579. The standard InChI is InChI=1S/C24H26BrN3O/c1-28(2)24(14-6-7-15-24)22(17-9-4-3-5-10-17)27-23(29)19-13-16-26-21-18(19)11-8-12-20(21)25/h3-5,8-13,16,22H,6-7,14-15H2,1-2H3,(H,27,29). The van der Waals surface area contributed by atoms with Gasteiger partial charge in [-0.2, -0.15) is 0 Å². The number of para-hydroxylation sites is 1. The lowest BCUT2D eigenvalue weighted by Gasteiger charge is -2.44. The third kappa shape index (κ3) is 3.69. The van der Waals surface area contributed by atoms with Crippen LogP contribution in [0.4, 0.5) is 0 Å². The molecule has 1 amide bonds. The largest absolute Gasteiger partial charge is 0.343 e. The van der Waals surface area contributed by atoms with Crippen molar-refractivity contribution in [3.05, 3.63) is 76.4 Å². The van der Waals surface area contributed by atoms with Crippen molar-refractivity contribution in [1.82, 2.24) is 15.2 Å². The molecule has 4 rings (SSSR count). The van der Waals surface area contributed by atoms with Crippen LogP contribution in [0.3, 0.4) is 0 Å². The van der Waals surface area contributed by atoms with E-state index >= 15 is 0 Å². The number of rotatable bonds is 5. The van der Waals surface area contributed by atoms with Gasteiger partial charge in [0.2, 0.25) is 0 Å². The minimum atomic E-state index is -0.0829. The monoisotopic (exact) mass is 451 g/mol. The van der Waals surface area contributed by atoms with Gasteiger partial charge in [0.1, 0.15) is 0 Å². The van der Waals surface area contributed by atoms with E-state index in [9.17, 15) is 4.79 Å². The molecule has 1 aliphatic carbocycles. The van der Waals surface area contributed by atoms with Crippen LogP contribution in [0.1, 0.15) is 47.6 Å². The number of benzene rings is 2. The molecule has 0 aliphatic heterocycles. The summed E-state index contributed by atoms with van der Waals surface area (Å²) in [5.41, 5.74) is 2.53. The van der Waals surface area contributed by atoms with Gasteiger partial charge in [0, 0.05) is 21.6 Å². The lowest BCUT2D eigenvalue weighted by molar-refractivity contribution is 0.0767. The summed E-state index contributed by atoms with van der Waals surface area (Å²) in [5.74, 6) is -0.0579. The SMILES string of the molecule is CN(C)C1(C(NC(=O)c2ccnc3c(Br)cccc23)c2ccccc2)CCCC1. The second-order valence-electron chi connectivity index (χ2n) is 8.02. The van der Waals surface area contributed by atoms with E-state index in [1.54, 1.807) is 6.20 Å². The van der Waals surface area contributed by atoms with Crippen molar-refractivity contribution in [2.75, 3.05) is 14.1 Å². The highest BCUT2D eigenvalue weighted by atomic mass is 79.9. The topological polar surface area (TPSA) is 45.2 Å². The number of nitrogens with one attached hydrogen (secondary N) is 1. The Kier molecular flexibility index (Phi) is 5.70. The van der Waals surface area contributed by atoms with Crippen LogP contribution in [0.15, 0.2) is 65.3 Å². The maximum Gasteiger partial charge on any atom is 0.252 e. The maximum atomic E-state index is 13.5. The smallest absolute Gasteiger partial charge is 0.252 e. The molecule has 1 atom stereocenters. The van der Waals surface area contributed by atoms with E-state index in [0.29, 0.717) is 5.56 Å². The fourth-order valence-corrected chi connectivity index (χ4v) is 5.17. The van der Waals surface area contributed by atoms with Crippen molar-refractivity contribution in [3.63, 3.8) is 0 Å². The molecule has 0 radical (unpaired) electrons. The van der Waals surface area contributed by atoms with Crippen molar-refractivity contribution >= 4 is 32.7 Å². The van der Waals surface area contributed by atoms with Crippen LogP contribution in [0, 0.1) is 0 Å². The van der Waals surface area contributed by atoms with Gasteiger partial charge in [0.05, 0.1) is 17.1 Å². The van der Waals surface area contributed by atoms with E-state index < -0.39 is 0 Å². The number of aromatic nitrogens is 1. The predicted molar refractivity (Wildman–Crippen MR) is 121 cm³/mol. The highest BCUT2D eigenvalue weighted by molar-refractivity contribution is 9.10. The number of nitrogens with zero attached hydrogens (tertiary/aromatic N) is 2. The van der Waals surface area contributed by atoms with Crippen LogP contribution >= 0.6 is 15.9 Å². The van der Waals surface area contributed by atoms with Gasteiger partial charge in [0.15, 0.2) is 0 Å². The van der Waals surface area contributed by atoms with Crippen molar-refractivity contribution in [2.24, 2.45) is 0 Å². The number of amides is 1. The Labute approximate surface area is 180 Å². The average molecular weight is 452 g/mol. The number of likely N-dealkylation sites (N-methyl/N-ethyl adjacent to an activating group) is 1. The minimum Gasteiger partial charge on any atom is -0.343 e. The normalized spacial score (nSPS) is 16.8. The Hall–Kier alpha value is -2.24. The van der Waals surface area contributed by atoms with Crippen LogP contribution in [-0.2, 0) is 0 Å². The van der Waals surface area contributed by atoms with E-state index in [-0.39, 0.29) is 17.5 Å². The Morgan fingerprint density at radius 1 is 1.07 bits per heavy atom. The van der Waals surface area contributed by atoms with Crippen molar-refractivity contribution in [2.45, 2.75) is 37.3 Å². The molecule has 1 unspecified atom stereocenters. The molecule has 0 saturated heterocycles. The van der Waals surface area contributed by atoms with Crippen LogP contribution in [0.5, 0.6) is 0 Å². The molecule has 5 heteroatoms. The number of carbonyl (C=O) groups is 1. The van der Waals surface area contributed by atoms with Crippen LogP contribution in [0.2, 0.25) is 0 Å². The molecule has 3 aromatic rings. The molecule has 150 valence electrons. The van der Waals surface area contributed by atoms with Crippen molar-refractivity contribution in [1.29, 1.82) is 0 Å². The summed E-state index contributed by atoms with van der Waals surface area (Å²) in [6, 6.07) is 17.9. The Bertz CT molecular complexity index is 1010. The van der Waals surface area contributed by atoms with Crippen molar-refractivity contribution < 1.29 is 4.79 Å². The summed E-state index contributed by atoms with van der Waals surface area (Å²) < 4.78 is 0.893.